The van der Waals surface area contributed by atoms with Crippen LogP contribution < -0.4 is 10.6 Å². The highest BCUT2D eigenvalue weighted by molar-refractivity contribution is 6.31. The van der Waals surface area contributed by atoms with E-state index in [1.165, 1.54) is 0 Å². The fourth-order valence-electron chi connectivity index (χ4n) is 1.49. The Hall–Kier alpha value is -1.70. The number of nitrogens with one attached hydrogen (secondary N) is 2. The van der Waals surface area contributed by atoms with Crippen LogP contribution in [0.1, 0.15) is 31.7 Å². The van der Waals surface area contributed by atoms with Crippen LogP contribution in [0.3, 0.4) is 0 Å². The standard InChI is InChI=1S/C15H19ClN2O2/c1-2-3-9-17-15(20)18-14-11-13(16)8-7-12(14)6-4-5-10-19/h7-8,11,19H,2-3,5,9-10H2,1H3,(H2,17,18,20). The maximum Gasteiger partial charge on any atom is 0.319 e. The molecule has 0 saturated heterocycles. The van der Waals surface area contributed by atoms with Gasteiger partial charge in [-0.25, -0.2) is 4.79 Å². The largest absolute Gasteiger partial charge is 0.395 e. The first-order valence-electron chi connectivity index (χ1n) is 6.61. The third-order valence-electron chi connectivity index (χ3n) is 2.51. The van der Waals surface area contributed by atoms with Gasteiger partial charge in [0.2, 0.25) is 0 Å². The predicted octanol–water partition coefficient (Wildman–Crippen LogP) is 3.00. The third kappa shape index (κ3) is 5.96. The van der Waals surface area contributed by atoms with E-state index in [4.69, 9.17) is 16.7 Å². The molecule has 20 heavy (non-hydrogen) atoms. The molecule has 0 aliphatic carbocycles. The summed E-state index contributed by atoms with van der Waals surface area (Å²) in [4.78, 5) is 11.7. The van der Waals surface area contributed by atoms with Gasteiger partial charge in [0.15, 0.2) is 0 Å². The van der Waals surface area contributed by atoms with Gasteiger partial charge in [-0.2, -0.15) is 0 Å². The van der Waals surface area contributed by atoms with Crippen LogP contribution in [-0.2, 0) is 0 Å². The summed E-state index contributed by atoms with van der Waals surface area (Å²) < 4.78 is 0. The van der Waals surface area contributed by atoms with Gasteiger partial charge in [-0.15, -0.1) is 0 Å². The molecule has 1 aromatic carbocycles. The quantitative estimate of drug-likeness (QED) is 0.577. The minimum Gasteiger partial charge on any atom is -0.395 e. The molecule has 1 aromatic rings. The summed E-state index contributed by atoms with van der Waals surface area (Å²) in [5.41, 5.74) is 1.24. The van der Waals surface area contributed by atoms with Crippen molar-refractivity contribution >= 4 is 23.3 Å². The van der Waals surface area contributed by atoms with Crippen LogP contribution in [0.5, 0.6) is 0 Å². The summed E-state index contributed by atoms with van der Waals surface area (Å²) in [6, 6.07) is 4.84. The molecule has 0 aliphatic heterocycles. The zero-order valence-corrected chi connectivity index (χ0v) is 12.3. The monoisotopic (exact) mass is 294 g/mol. The molecule has 108 valence electrons. The predicted molar refractivity (Wildman–Crippen MR) is 82.0 cm³/mol. The number of rotatable bonds is 5. The molecule has 0 aromatic heterocycles. The lowest BCUT2D eigenvalue weighted by Crippen LogP contribution is -2.29. The van der Waals surface area contributed by atoms with Crippen molar-refractivity contribution < 1.29 is 9.90 Å². The maximum atomic E-state index is 11.7. The van der Waals surface area contributed by atoms with Crippen molar-refractivity contribution in [3.63, 3.8) is 0 Å². The average Bonchev–Trinajstić information content (AvgIpc) is 2.42. The summed E-state index contributed by atoms with van der Waals surface area (Å²) in [6.45, 7) is 2.71. The Balaban J connectivity index is 2.74. The number of aliphatic hydroxyl groups excluding tert-OH is 1. The van der Waals surface area contributed by atoms with E-state index in [1.807, 2.05) is 0 Å². The summed E-state index contributed by atoms with van der Waals surface area (Å²) in [7, 11) is 0. The molecule has 0 spiro atoms. The Bertz CT molecular complexity index is 506. The highest BCUT2D eigenvalue weighted by atomic mass is 35.5. The molecule has 0 radical (unpaired) electrons. The van der Waals surface area contributed by atoms with E-state index in [0.29, 0.717) is 29.2 Å². The third-order valence-corrected chi connectivity index (χ3v) is 2.74. The van der Waals surface area contributed by atoms with Gasteiger partial charge in [-0.05, 0) is 24.6 Å². The van der Waals surface area contributed by atoms with Gasteiger partial charge in [0.25, 0.3) is 0 Å². The molecule has 2 amide bonds. The van der Waals surface area contributed by atoms with Crippen molar-refractivity contribution in [2.45, 2.75) is 26.2 Å². The van der Waals surface area contributed by atoms with Crippen LogP contribution in [0, 0.1) is 11.8 Å². The van der Waals surface area contributed by atoms with Crippen LogP contribution in [0.15, 0.2) is 18.2 Å². The Kier molecular flexibility index (Phi) is 7.56. The van der Waals surface area contributed by atoms with Gasteiger partial charge in [-0.3, -0.25) is 0 Å². The summed E-state index contributed by atoms with van der Waals surface area (Å²) in [5.74, 6) is 5.72. The van der Waals surface area contributed by atoms with E-state index < -0.39 is 0 Å². The molecular weight excluding hydrogens is 276 g/mol. The molecule has 0 fully saturated rings. The first-order chi connectivity index (χ1) is 9.67. The molecule has 4 nitrogen and oxygen atoms in total. The van der Waals surface area contributed by atoms with E-state index in [1.54, 1.807) is 18.2 Å². The first-order valence-corrected chi connectivity index (χ1v) is 6.99. The van der Waals surface area contributed by atoms with Gasteiger partial charge in [0.1, 0.15) is 0 Å². The molecular formula is C15H19ClN2O2. The van der Waals surface area contributed by atoms with Gasteiger partial charge >= 0.3 is 6.03 Å². The van der Waals surface area contributed by atoms with Crippen molar-refractivity contribution in [2.75, 3.05) is 18.5 Å². The number of carbonyl (C=O) groups excluding carboxylic acids is 1. The van der Waals surface area contributed by atoms with E-state index in [2.05, 4.69) is 29.4 Å². The second-order valence-corrected chi connectivity index (χ2v) is 4.64. The van der Waals surface area contributed by atoms with Gasteiger partial charge < -0.3 is 15.7 Å². The zero-order valence-electron chi connectivity index (χ0n) is 11.5. The number of aliphatic hydroxyl groups is 1. The molecule has 3 N–H and O–H groups in total. The number of anilines is 1. The normalized spacial score (nSPS) is 9.55. The average molecular weight is 295 g/mol. The smallest absolute Gasteiger partial charge is 0.319 e. The molecule has 1 rings (SSSR count). The minimum absolute atomic E-state index is 0.0147. The summed E-state index contributed by atoms with van der Waals surface area (Å²) in [6.07, 6.45) is 2.35. The van der Waals surface area contributed by atoms with E-state index in [9.17, 15) is 4.79 Å². The molecule has 0 unspecified atom stereocenters. The van der Waals surface area contributed by atoms with Gasteiger partial charge in [-0.1, -0.05) is 36.8 Å². The fourth-order valence-corrected chi connectivity index (χ4v) is 1.66. The van der Waals surface area contributed by atoms with E-state index >= 15 is 0 Å². The number of hydrogen-bond donors (Lipinski definition) is 3. The molecule has 0 heterocycles. The highest BCUT2D eigenvalue weighted by Crippen LogP contribution is 2.20. The van der Waals surface area contributed by atoms with Crippen LogP contribution in [0.2, 0.25) is 5.02 Å². The van der Waals surface area contributed by atoms with Gasteiger partial charge in [0, 0.05) is 23.6 Å². The maximum absolute atomic E-state index is 11.7. The number of hydrogen-bond acceptors (Lipinski definition) is 2. The van der Waals surface area contributed by atoms with Crippen molar-refractivity contribution in [1.82, 2.24) is 5.32 Å². The fraction of sp³-hybridized carbons (Fsp3) is 0.400. The summed E-state index contributed by atoms with van der Waals surface area (Å²) >= 11 is 5.93. The number of unbranched alkanes of at least 4 members (excludes halogenated alkanes) is 1. The van der Waals surface area contributed by atoms with Crippen molar-refractivity contribution in [1.29, 1.82) is 0 Å². The number of carbonyl (C=O) groups is 1. The lowest BCUT2D eigenvalue weighted by molar-refractivity contribution is 0.252. The molecule has 5 heteroatoms. The topological polar surface area (TPSA) is 61.4 Å². The summed E-state index contributed by atoms with van der Waals surface area (Å²) in [5, 5.41) is 14.8. The van der Waals surface area contributed by atoms with Crippen LogP contribution in [0.25, 0.3) is 0 Å². The van der Waals surface area contributed by atoms with Crippen LogP contribution in [0.4, 0.5) is 10.5 Å². The van der Waals surface area contributed by atoms with E-state index in [-0.39, 0.29) is 12.6 Å². The SMILES string of the molecule is CCCCNC(=O)Nc1cc(Cl)ccc1C#CCCO. The Morgan fingerprint density at radius 1 is 1.45 bits per heavy atom. The Morgan fingerprint density at radius 3 is 2.95 bits per heavy atom. The van der Waals surface area contributed by atoms with Crippen molar-refractivity contribution in [3.8, 4) is 11.8 Å². The number of halogens is 1. The van der Waals surface area contributed by atoms with Gasteiger partial charge in [0.05, 0.1) is 12.3 Å². The van der Waals surface area contributed by atoms with Crippen LogP contribution in [-0.4, -0.2) is 24.3 Å². The second-order valence-electron chi connectivity index (χ2n) is 4.20. The number of benzene rings is 1. The Labute approximate surface area is 124 Å². The molecule has 0 bridgehead atoms. The van der Waals surface area contributed by atoms with Crippen molar-refractivity contribution in [3.05, 3.63) is 28.8 Å². The highest BCUT2D eigenvalue weighted by Gasteiger charge is 2.05. The van der Waals surface area contributed by atoms with Crippen LogP contribution >= 0.6 is 11.6 Å². The lowest BCUT2D eigenvalue weighted by atomic mass is 10.2. The minimum atomic E-state index is -0.272. The molecule has 0 aliphatic rings. The van der Waals surface area contributed by atoms with E-state index in [0.717, 1.165) is 12.8 Å². The number of amides is 2. The Morgan fingerprint density at radius 2 is 2.25 bits per heavy atom. The molecule has 0 atom stereocenters. The number of urea groups is 1. The van der Waals surface area contributed by atoms with Crippen molar-refractivity contribution in [2.24, 2.45) is 0 Å². The lowest BCUT2D eigenvalue weighted by Gasteiger charge is -2.09. The first kappa shape index (κ1) is 16.4. The zero-order chi connectivity index (χ0) is 14.8. The molecule has 0 saturated carbocycles. The second kappa shape index (κ2) is 9.24.